The number of nitrogens with zero attached hydrogens (tertiary/aromatic N) is 4. The lowest BCUT2D eigenvalue weighted by Crippen LogP contribution is -2.39. The normalized spacial score (nSPS) is 16.3. The first-order chi connectivity index (χ1) is 13.8. The van der Waals surface area contributed by atoms with E-state index in [4.69, 9.17) is 4.74 Å². The third kappa shape index (κ3) is 3.38. The van der Waals surface area contributed by atoms with Gasteiger partial charge in [-0.1, -0.05) is 0 Å². The molecule has 156 valence electrons. The number of H-pyrrole nitrogens is 1. The van der Waals surface area contributed by atoms with Gasteiger partial charge in [-0.15, -0.1) is 0 Å². The Kier molecular flexibility index (Phi) is 4.83. The van der Waals surface area contributed by atoms with Gasteiger partial charge in [0.25, 0.3) is 5.91 Å². The number of ether oxygens (including phenoxy) is 1. The number of fused-ring (bicyclic) bond motifs is 2. The first-order valence-corrected chi connectivity index (χ1v) is 9.50. The number of amides is 1. The van der Waals surface area contributed by atoms with Gasteiger partial charge in [-0.25, -0.2) is 9.78 Å². The van der Waals surface area contributed by atoms with E-state index in [0.717, 1.165) is 36.9 Å². The van der Waals surface area contributed by atoms with Gasteiger partial charge in [0.2, 0.25) is 0 Å². The van der Waals surface area contributed by atoms with Crippen LogP contribution >= 0.6 is 0 Å². The Morgan fingerprint density at radius 3 is 2.69 bits per heavy atom. The van der Waals surface area contributed by atoms with Crippen LogP contribution in [0.2, 0.25) is 0 Å². The Morgan fingerprint density at radius 1 is 1.21 bits per heavy atom. The van der Waals surface area contributed by atoms with E-state index in [1.807, 2.05) is 0 Å². The monoisotopic (exact) mass is 411 g/mol. The molecule has 0 fully saturated rings. The summed E-state index contributed by atoms with van der Waals surface area (Å²) >= 11 is 0. The van der Waals surface area contributed by atoms with Gasteiger partial charge >= 0.3 is 12.1 Å². The summed E-state index contributed by atoms with van der Waals surface area (Å²) in [5.41, 5.74) is 0.262. The van der Waals surface area contributed by atoms with Crippen molar-refractivity contribution in [2.75, 3.05) is 13.2 Å². The molecule has 0 unspecified atom stereocenters. The summed E-state index contributed by atoms with van der Waals surface area (Å²) in [6.45, 7) is 1.50. The van der Waals surface area contributed by atoms with E-state index in [-0.39, 0.29) is 38.0 Å². The minimum atomic E-state index is -4.80. The molecule has 2 aromatic heterocycles. The number of imidazole rings is 1. The molecule has 1 aliphatic heterocycles. The summed E-state index contributed by atoms with van der Waals surface area (Å²) in [5, 5.41) is 7.05. The Bertz CT molecular complexity index is 963. The van der Waals surface area contributed by atoms with Crippen LogP contribution in [-0.2, 0) is 36.8 Å². The molecule has 0 radical (unpaired) electrons. The van der Waals surface area contributed by atoms with Crippen LogP contribution in [0.1, 0.15) is 63.5 Å². The van der Waals surface area contributed by atoms with Crippen LogP contribution in [0.25, 0.3) is 0 Å². The van der Waals surface area contributed by atoms with Crippen LogP contribution in [0.4, 0.5) is 13.2 Å². The third-order valence-corrected chi connectivity index (χ3v) is 5.26. The van der Waals surface area contributed by atoms with E-state index in [1.54, 1.807) is 0 Å². The summed E-state index contributed by atoms with van der Waals surface area (Å²) in [5.74, 6) is -1.41. The standard InChI is InChI=1S/C18H20F3N5O3/c1-2-29-17(28)14-15(18(19,20)21)22-12-9-25(7-8-26(12)14)16(27)13-10-5-3-4-6-11(10)23-24-13/h2-9H2,1H3,(H,23,24). The summed E-state index contributed by atoms with van der Waals surface area (Å²) in [6, 6.07) is 0. The fourth-order valence-corrected chi connectivity index (χ4v) is 3.92. The molecule has 11 heteroatoms. The van der Waals surface area contributed by atoms with Gasteiger partial charge < -0.3 is 14.2 Å². The smallest absolute Gasteiger partial charge is 0.435 e. The molecule has 4 rings (SSSR count). The topological polar surface area (TPSA) is 93.1 Å². The molecule has 0 bridgehead atoms. The van der Waals surface area contributed by atoms with Crippen LogP contribution in [0.5, 0.6) is 0 Å². The maximum atomic E-state index is 13.4. The molecule has 8 nitrogen and oxygen atoms in total. The highest BCUT2D eigenvalue weighted by molar-refractivity contribution is 5.94. The molecule has 1 N–H and O–H groups in total. The molecule has 1 aliphatic carbocycles. The molecule has 0 aromatic carbocycles. The SMILES string of the molecule is CCOC(=O)c1c(C(F)(F)F)nc2n1CCN(C(=O)c1n[nH]c3c1CCCC3)C2. The first kappa shape index (κ1) is 19.5. The zero-order valence-corrected chi connectivity index (χ0v) is 15.8. The van der Waals surface area contributed by atoms with E-state index in [9.17, 15) is 22.8 Å². The molecular weight excluding hydrogens is 391 g/mol. The number of aromatic nitrogens is 4. The van der Waals surface area contributed by atoms with Crippen molar-refractivity contribution >= 4 is 11.9 Å². The average molecular weight is 411 g/mol. The number of hydrogen-bond acceptors (Lipinski definition) is 5. The highest BCUT2D eigenvalue weighted by atomic mass is 19.4. The van der Waals surface area contributed by atoms with Crippen molar-refractivity contribution in [1.82, 2.24) is 24.6 Å². The predicted molar refractivity (Wildman–Crippen MR) is 93.2 cm³/mol. The molecule has 3 heterocycles. The second-order valence-electron chi connectivity index (χ2n) is 7.06. The van der Waals surface area contributed by atoms with Gasteiger partial charge in [-0.05, 0) is 32.6 Å². The van der Waals surface area contributed by atoms with Gasteiger partial charge in [-0.2, -0.15) is 18.3 Å². The molecule has 0 saturated carbocycles. The van der Waals surface area contributed by atoms with Crippen molar-refractivity contribution in [2.45, 2.75) is 51.9 Å². The summed E-state index contributed by atoms with van der Waals surface area (Å²) in [6.07, 6.45) is -1.23. The van der Waals surface area contributed by atoms with E-state index in [0.29, 0.717) is 5.69 Å². The fraction of sp³-hybridized carbons (Fsp3) is 0.556. The van der Waals surface area contributed by atoms with Crippen LogP contribution in [0, 0.1) is 0 Å². The van der Waals surface area contributed by atoms with Crippen LogP contribution in [-0.4, -0.2) is 49.7 Å². The second kappa shape index (κ2) is 7.20. The Labute approximate surface area is 164 Å². The van der Waals surface area contributed by atoms with Crippen molar-refractivity contribution in [3.8, 4) is 0 Å². The van der Waals surface area contributed by atoms with E-state index >= 15 is 0 Å². The van der Waals surface area contributed by atoms with Gasteiger partial charge in [0.05, 0.1) is 13.2 Å². The lowest BCUT2D eigenvalue weighted by atomic mass is 9.95. The Morgan fingerprint density at radius 2 is 1.97 bits per heavy atom. The summed E-state index contributed by atoms with van der Waals surface area (Å²) < 4.78 is 46.3. The Hall–Kier alpha value is -2.85. The molecule has 0 saturated heterocycles. The number of aromatic amines is 1. The maximum Gasteiger partial charge on any atom is 0.435 e. The van der Waals surface area contributed by atoms with E-state index < -0.39 is 23.5 Å². The van der Waals surface area contributed by atoms with Crippen molar-refractivity contribution < 1.29 is 27.5 Å². The number of hydrogen-bond donors (Lipinski definition) is 1. The fourth-order valence-electron chi connectivity index (χ4n) is 3.92. The minimum Gasteiger partial charge on any atom is -0.461 e. The van der Waals surface area contributed by atoms with Gasteiger partial charge in [0, 0.05) is 24.3 Å². The van der Waals surface area contributed by atoms with Crippen LogP contribution in [0.15, 0.2) is 0 Å². The number of esters is 1. The van der Waals surface area contributed by atoms with Crippen LogP contribution in [0.3, 0.4) is 0 Å². The highest BCUT2D eigenvalue weighted by Gasteiger charge is 2.43. The number of halogens is 3. The van der Waals surface area contributed by atoms with Gasteiger partial charge in [0.1, 0.15) is 5.82 Å². The number of carbonyl (C=O) groups is 2. The Balaban J connectivity index is 1.64. The number of rotatable bonds is 3. The third-order valence-electron chi connectivity index (χ3n) is 5.26. The first-order valence-electron chi connectivity index (χ1n) is 9.50. The largest absolute Gasteiger partial charge is 0.461 e. The lowest BCUT2D eigenvalue weighted by molar-refractivity contribution is -0.141. The quantitative estimate of drug-likeness (QED) is 0.783. The molecule has 0 spiro atoms. The number of carbonyl (C=O) groups excluding carboxylic acids is 2. The maximum absolute atomic E-state index is 13.4. The van der Waals surface area contributed by atoms with Crippen molar-refractivity contribution in [3.05, 3.63) is 34.2 Å². The molecule has 2 aliphatic rings. The number of nitrogens with one attached hydrogen (secondary N) is 1. The predicted octanol–water partition coefficient (Wildman–Crippen LogP) is 2.34. The van der Waals surface area contributed by atoms with Crippen LogP contribution < -0.4 is 0 Å². The number of alkyl halides is 3. The van der Waals surface area contributed by atoms with Crippen molar-refractivity contribution in [3.63, 3.8) is 0 Å². The molecule has 29 heavy (non-hydrogen) atoms. The summed E-state index contributed by atoms with van der Waals surface area (Å²) in [4.78, 5) is 30.2. The number of aryl methyl sites for hydroxylation is 1. The summed E-state index contributed by atoms with van der Waals surface area (Å²) in [7, 11) is 0. The van der Waals surface area contributed by atoms with Gasteiger partial charge in [-0.3, -0.25) is 9.89 Å². The zero-order valence-electron chi connectivity index (χ0n) is 15.8. The van der Waals surface area contributed by atoms with Crippen molar-refractivity contribution in [1.29, 1.82) is 0 Å². The average Bonchev–Trinajstić information content (AvgIpc) is 3.28. The van der Waals surface area contributed by atoms with Crippen molar-refractivity contribution in [2.24, 2.45) is 0 Å². The molecule has 1 amide bonds. The highest BCUT2D eigenvalue weighted by Crippen LogP contribution is 2.34. The minimum absolute atomic E-state index is 0.00406. The molecule has 0 atom stereocenters. The van der Waals surface area contributed by atoms with E-state index in [2.05, 4.69) is 15.2 Å². The zero-order chi connectivity index (χ0) is 20.8. The molecule has 2 aromatic rings. The lowest BCUT2D eigenvalue weighted by Gasteiger charge is -2.28. The van der Waals surface area contributed by atoms with E-state index in [1.165, 1.54) is 16.4 Å². The molecular formula is C18H20F3N5O3. The van der Waals surface area contributed by atoms with Gasteiger partial charge in [0.15, 0.2) is 17.1 Å². The second-order valence-corrected chi connectivity index (χ2v) is 7.06.